The van der Waals surface area contributed by atoms with Gasteiger partial charge in [-0.3, -0.25) is 4.79 Å². The smallest absolute Gasteiger partial charge is 0.283 e. The number of amides is 1. The summed E-state index contributed by atoms with van der Waals surface area (Å²) in [6.45, 7) is 2.36. The Morgan fingerprint density at radius 3 is 2.84 bits per heavy atom. The van der Waals surface area contributed by atoms with Gasteiger partial charge in [0.05, 0.1) is 12.8 Å². The van der Waals surface area contributed by atoms with E-state index in [1.54, 1.807) is 12.3 Å². The highest BCUT2D eigenvalue weighted by Crippen LogP contribution is 2.09. The van der Waals surface area contributed by atoms with Crippen molar-refractivity contribution >= 4 is 28.8 Å². The number of hydrogen-bond acceptors (Lipinski definition) is 3. The van der Waals surface area contributed by atoms with Crippen LogP contribution < -0.4 is 10.6 Å². The van der Waals surface area contributed by atoms with Gasteiger partial charge in [0, 0.05) is 5.69 Å². The molecule has 0 saturated heterocycles. The minimum absolute atomic E-state index is 0.137. The molecule has 0 unspecified atom stereocenters. The molecule has 1 heterocycles. The molecule has 0 spiro atoms. The summed E-state index contributed by atoms with van der Waals surface area (Å²) < 4.78 is 5.14. The molecule has 0 atom stereocenters. The Balaban J connectivity index is 1.87. The Kier molecular flexibility index (Phi) is 4.30. The van der Waals surface area contributed by atoms with Gasteiger partial charge in [0.2, 0.25) is 0 Å². The first-order valence-electron chi connectivity index (χ1n) is 5.83. The van der Waals surface area contributed by atoms with E-state index < -0.39 is 0 Å². The molecule has 2 rings (SSSR count). The van der Waals surface area contributed by atoms with Gasteiger partial charge in [-0.2, -0.15) is 0 Å². The van der Waals surface area contributed by atoms with Crippen LogP contribution in [0.25, 0.3) is 0 Å². The van der Waals surface area contributed by atoms with Gasteiger partial charge in [-0.15, -0.1) is 0 Å². The number of carbonyl (C=O) groups excluding carboxylic acids is 1. The Morgan fingerprint density at radius 1 is 1.32 bits per heavy atom. The van der Waals surface area contributed by atoms with Crippen molar-refractivity contribution in [2.45, 2.75) is 13.5 Å². The predicted molar refractivity (Wildman–Crippen MR) is 78.0 cm³/mol. The standard InChI is InChI=1S/C14H14N2O2S/c1-10-4-2-5-11(8-10)16-13(17)14(19)15-9-12-6-3-7-18-12/h2-8H,9H2,1H3,(H,15,19)(H,16,17). The average molecular weight is 274 g/mol. The lowest BCUT2D eigenvalue weighted by Crippen LogP contribution is -2.33. The van der Waals surface area contributed by atoms with Crippen LogP contribution in [0.1, 0.15) is 11.3 Å². The highest BCUT2D eigenvalue weighted by atomic mass is 32.1. The van der Waals surface area contributed by atoms with Gasteiger partial charge >= 0.3 is 0 Å². The first-order valence-corrected chi connectivity index (χ1v) is 6.24. The topological polar surface area (TPSA) is 54.3 Å². The van der Waals surface area contributed by atoms with Crippen molar-refractivity contribution in [3.63, 3.8) is 0 Å². The molecule has 1 amide bonds. The zero-order valence-electron chi connectivity index (χ0n) is 10.5. The van der Waals surface area contributed by atoms with E-state index in [1.807, 2.05) is 37.3 Å². The number of nitrogens with one attached hydrogen (secondary N) is 2. The Labute approximate surface area is 116 Å². The molecule has 4 nitrogen and oxygen atoms in total. The number of aryl methyl sites for hydroxylation is 1. The van der Waals surface area contributed by atoms with Crippen LogP contribution in [0.5, 0.6) is 0 Å². The lowest BCUT2D eigenvalue weighted by Gasteiger charge is -2.08. The number of thiocarbonyl (C=S) groups is 1. The van der Waals surface area contributed by atoms with E-state index in [0.29, 0.717) is 6.54 Å². The maximum Gasteiger partial charge on any atom is 0.283 e. The van der Waals surface area contributed by atoms with Crippen molar-refractivity contribution in [1.29, 1.82) is 0 Å². The highest BCUT2D eigenvalue weighted by molar-refractivity contribution is 7.82. The summed E-state index contributed by atoms with van der Waals surface area (Å²) in [5.41, 5.74) is 1.81. The van der Waals surface area contributed by atoms with Gasteiger partial charge < -0.3 is 15.1 Å². The SMILES string of the molecule is Cc1cccc(NC(=O)C(=S)NCc2ccco2)c1. The summed E-state index contributed by atoms with van der Waals surface area (Å²) in [6.07, 6.45) is 1.58. The maximum absolute atomic E-state index is 11.8. The Hall–Kier alpha value is -2.14. The van der Waals surface area contributed by atoms with Crippen LogP contribution in [0.2, 0.25) is 0 Å². The van der Waals surface area contributed by atoms with Gasteiger partial charge in [0.25, 0.3) is 5.91 Å². The molecule has 2 aromatic rings. The Bertz CT molecular complexity index is 579. The quantitative estimate of drug-likeness (QED) is 0.845. The molecule has 0 radical (unpaired) electrons. The van der Waals surface area contributed by atoms with Crippen molar-refractivity contribution in [1.82, 2.24) is 5.32 Å². The second-order valence-electron chi connectivity index (χ2n) is 4.09. The second-order valence-corrected chi connectivity index (χ2v) is 4.49. The number of rotatable bonds is 3. The largest absolute Gasteiger partial charge is 0.467 e. The zero-order valence-corrected chi connectivity index (χ0v) is 11.3. The van der Waals surface area contributed by atoms with E-state index in [-0.39, 0.29) is 10.9 Å². The van der Waals surface area contributed by atoms with Crippen molar-refractivity contribution < 1.29 is 9.21 Å². The van der Waals surface area contributed by atoms with Crippen LogP contribution in [0, 0.1) is 6.92 Å². The van der Waals surface area contributed by atoms with Crippen molar-refractivity contribution in [2.75, 3.05) is 5.32 Å². The summed E-state index contributed by atoms with van der Waals surface area (Å²) in [5.74, 6) is 0.401. The van der Waals surface area contributed by atoms with E-state index in [1.165, 1.54) is 0 Å². The van der Waals surface area contributed by atoms with Crippen LogP contribution >= 0.6 is 12.2 Å². The summed E-state index contributed by atoms with van der Waals surface area (Å²) in [7, 11) is 0. The van der Waals surface area contributed by atoms with E-state index in [4.69, 9.17) is 16.6 Å². The third-order valence-electron chi connectivity index (χ3n) is 2.49. The van der Waals surface area contributed by atoms with Crippen LogP contribution in [0.3, 0.4) is 0 Å². The first-order chi connectivity index (χ1) is 9.15. The monoisotopic (exact) mass is 274 g/mol. The van der Waals surface area contributed by atoms with Crippen molar-refractivity contribution in [3.8, 4) is 0 Å². The molecular weight excluding hydrogens is 260 g/mol. The van der Waals surface area contributed by atoms with E-state index in [0.717, 1.165) is 17.0 Å². The number of hydrogen-bond donors (Lipinski definition) is 2. The van der Waals surface area contributed by atoms with Gasteiger partial charge in [-0.1, -0.05) is 24.4 Å². The molecular formula is C14H14N2O2S. The summed E-state index contributed by atoms with van der Waals surface area (Å²) in [4.78, 5) is 12.0. The van der Waals surface area contributed by atoms with Crippen LogP contribution in [0.15, 0.2) is 47.1 Å². The fourth-order valence-corrected chi connectivity index (χ4v) is 1.69. The zero-order chi connectivity index (χ0) is 13.7. The highest BCUT2D eigenvalue weighted by Gasteiger charge is 2.09. The maximum atomic E-state index is 11.8. The molecule has 1 aromatic carbocycles. The molecule has 0 saturated carbocycles. The van der Waals surface area contributed by atoms with Crippen LogP contribution in [-0.2, 0) is 11.3 Å². The van der Waals surface area contributed by atoms with E-state index >= 15 is 0 Å². The summed E-state index contributed by atoms with van der Waals surface area (Å²) >= 11 is 5.02. The molecule has 1 aromatic heterocycles. The molecule has 0 aliphatic carbocycles. The minimum Gasteiger partial charge on any atom is -0.467 e. The first kappa shape index (κ1) is 13.3. The van der Waals surface area contributed by atoms with Gasteiger partial charge in [-0.05, 0) is 36.8 Å². The molecule has 0 aliphatic heterocycles. The number of furan rings is 1. The van der Waals surface area contributed by atoms with Gasteiger partial charge in [-0.25, -0.2) is 0 Å². The van der Waals surface area contributed by atoms with E-state index in [2.05, 4.69) is 10.6 Å². The van der Waals surface area contributed by atoms with Crippen molar-refractivity contribution in [3.05, 3.63) is 54.0 Å². The average Bonchev–Trinajstić information content (AvgIpc) is 2.89. The fraction of sp³-hybridized carbons (Fsp3) is 0.143. The molecule has 0 bridgehead atoms. The van der Waals surface area contributed by atoms with Crippen LogP contribution in [0.4, 0.5) is 5.69 Å². The molecule has 19 heavy (non-hydrogen) atoms. The van der Waals surface area contributed by atoms with Crippen molar-refractivity contribution in [2.24, 2.45) is 0 Å². The fourth-order valence-electron chi connectivity index (χ4n) is 1.57. The second kappa shape index (κ2) is 6.15. The summed E-state index contributed by atoms with van der Waals surface area (Å²) in [5, 5.41) is 5.58. The number of anilines is 1. The van der Waals surface area contributed by atoms with E-state index in [9.17, 15) is 4.79 Å². The number of benzene rings is 1. The molecule has 5 heteroatoms. The van der Waals surface area contributed by atoms with Gasteiger partial charge in [0.1, 0.15) is 5.76 Å². The predicted octanol–water partition coefficient (Wildman–Crippen LogP) is 2.64. The van der Waals surface area contributed by atoms with Crippen LogP contribution in [-0.4, -0.2) is 10.9 Å². The third kappa shape index (κ3) is 3.93. The molecule has 2 N–H and O–H groups in total. The lowest BCUT2D eigenvalue weighted by molar-refractivity contribution is -0.110. The molecule has 98 valence electrons. The lowest BCUT2D eigenvalue weighted by atomic mass is 10.2. The molecule has 0 aliphatic rings. The third-order valence-corrected chi connectivity index (χ3v) is 2.82. The molecule has 0 fully saturated rings. The Morgan fingerprint density at radius 2 is 2.16 bits per heavy atom. The minimum atomic E-state index is -0.327. The number of carbonyl (C=O) groups is 1. The van der Waals surface area contributed by atoms with Gasteiger partial charge in [0.15, 0.2) is 4.99 Å². The summed E-state index contributed by atoms with van der Waals surface area (Å²) in [6, 6.07) is 11.1. The normalized spacial score (nSPS) is 9.95.